The lowest BCUT2D eigenvalue weighted by molar-refractivity contribution is 0.202. The van der Waals surface area contributed by atoms with E-state index in [0.717, 1.165) is 34.6 Å². The Bertz CT molecular complexity index is 1180. The zero-order valence-corrected chi connectivity index (χ0v) is 18.7. The van der Waals surface area contributed by atoms with Crippen LogP contribution in [0, 0.1) is 11.6 Å². The van der Waals surface area contributed by atoms with Crippen LogP contribution in [0.3, 0.4) is 0 Å². The van der Waals surface area contributed by atoms with E-state index < -0.39 is 27.7 Å². The van der Waals surface area contributed by atoms with Crippen LogP contribution < -0.4 is 4.31 Å². The minimum absolute atomic E-state index is 0.0325. The zero-order valence-electron chi connectivity index (χ0n) is 17.2. The van der Waals surface area contributed by atoms with E-state index in [2.05, 4.69) is 9.88 Å². The van der Waals surface area contributed by atoms with Crippen LogP contribution >= 0.6 is 11.6 Å². The number of sulfonamides is 1. The predicted octanol–water partition coefficient (Wildman–Crippen LogP) is 4.87. The molecule has 0 bridgehead atoms. The molecule has 1 unspecified atom stereocenters. The summed E-state index contributed by atoms with van der Waals surface area (Å²) in [5.41, 5.74) is 0.699. The summed E-state index contributed by atoms with van der Waals surface area (Å²) in [5, 5.41) is 0.382. The van der Waals surface area contributed by atoms with Gasteiger partial charge >= 0.3 is 0 Å². The van der Waals surface area contributed by atoms with E-state index in [1.807, 2.05) is 12.1 Å². The molecule has 2 aromatic carbocycles. The Morgan fingerprint density at radius 1 is 1.12 bits per heavy atom. The first-order valence-corrected chi connectivity index (χ1v) is 12.0. The second-order valence-electron chi connectivity index (χ2n) is 7.74. The lowest BCUT2D eigenvalue weighted by atomic mass is 10.0. The SMILES string of the molecule is O=S(=O)(c1ccc(Cl)cc1)N(c1cc(F)ccc1F)C1CCCN(Cc2cccnc2)C1. The number of benzene rings is 2. The van der Waals surface area contributed by atoms with Crippen molar-refractivity contribution in [2.24, 2.45) is 0 Å². The fourth-order valence-corrected chi connectivity index (χ4v) is 5.81. The Morgan fingerprint density at radius 2 is 1.91 bits per heavy atom. The Hall–Kier alpha value is -2.55. The van der Waals surface area contributed by atoms with Crippen molar-refractivity contribution in [3.63, 3.8) is 0 Å². The highest BCUT2D eigenvalue weighted by Gasteiger charge is 2.36. The number of anilines is 1. The van der Waals surface area contributed by atoms with Gasteiger partial charge in [0.15, 0.2) is 0 Å². The summed E-state index contributed by atoms with van der Waals surface area (Å²) in [4.78, 5) is 6.20. The Kier molecular flexibility index (Phi) is 6.74. The van der Waals surface area contributed by atoms with Crippen molar-refractivity contribution in [1.29, 1.82) is 0 Å². The molecule has 0 radical (unpaired) electrons. The van der Waals surface area contributed by atoms with Gasteiger partial charge in [0, 0.05) is 36.6 Å². The molecule has 1 aliphatic rings. The fourth-order valence-electron chi connectivity index (χ4n) is 4.01. The van der Waals surface area contributed by atoms with Gasteiger partial charge in [-0.15, -0.1) is 0 Å². The van der Waals surface area contributed by atoms with E-state index in [4.69, 9.17) is 11.6 Å². The highest BCUT2D eigenvalue weighted by molar-refractivity contribution is 7.92. The van der Waals surface area contributed by atoms with Gasteiger partial charge in [-0.25, -0.2) is 17.2 Å². The number of rotatable bonds is 6. The lowest BCUT2D eigenvalue weighted by Gasteiger charge is -2.39. The molecule has 0 spiro atoms. The van der Waals surface area contributed by atoms with E-state index >= 15 is 0 Å². The maximum absolute atomic E-state index is 14.8. The van der Waals surface area contributed by atoms with Gasteiger partial charge in [-0.1, -0.05) is 17.7 Å². The molecule has 9 heteroatoms. The number of nitrogens with zero attached hydrogens (tertiary/aromatic N) is 3. The molecule has 2 heterocycles. The fraction of sp³-hybridized carbons (Fsp3) is 0.261. The van der Waals surface area contributed by atoms with Crippen LogP contribution in [-0.4, -0.2) is 37.4 Å². The molecule has 1 saturated heterocycles. The first-order chi connectivity index (χ1) is 15.3. The van der Waals surface area contributed by atoms with Crippen LogP contribution in [0.5, 0.6) is 0 Å². The summed E-state index contributed by atoms with van der Waals surface area (Å²) < 4.78 is 57.2. The van der Waals surface area contributed by atoms with Crippen molar-refractivity contribution in [2.45, 2.75) is 30.3 Å². The molecular formula is C23H22ClF2N3O2S. The number of pyridine rings is 1. The van der Waals surface area contributed by atoms with Crippen molar-refractivity contribution in [3.8, 4) is 0 Å². The van der Waals surface area contributed by atoms with E-state index in [0.29, 0.717) is 31.0 Å². The summed E-state index contributed by atoms with van der Waals surface area (Å²) in [5.74, 6) is -1.51. The maximum atomic E-state index is 14.8. The molecule has 0 saturated carbocycles. The van der Waals surface area contributed by atoms with Gasteiger partial charge < -0.3 is 0 Å². The number of aromatic nitrogens is 1. The van der Waals surface area contributed by atoms with Gasteiger partial charge in [0.25, 0.3) is 10.0 Å². The van der Waals surface area contributed by atoms with Crippen LogP contribution in [0.4, 0.5) is 14.5 Å². The van der Waals surface area contributed by atoms with Crippen molar-refractivity contribution < 1.29 is 17.2 Å². The number of piperidine rings is 1. The largest absolute Gasteiger partial charge is 0.297 e. The second kappa shape index (κ2) is 9.52. The maximum Gasteiger partial charge on any atom is 0.264 e. The monoisotopic (exact) mass is 477 g/mol. The standard InChI is InChI=1S/C23H22ClF2N3O2S/c24-18-5-8-21(9-6-18)32(30,31)29(23-13-19(25)7-10-22(23)26)20-4-2-12-28(16-20)15-17-3-1-11-27-14-17/h1,3,5-11,13-14,20H,2,4,12,15-16H2. The number of hydrogen-bond acceptors (Lipinski definition) is 4. The summed E-state index contributed by atoms with van der Waals surface area (Å²) in [6, 6.07) is 11.7. The molecule has 1 atom stereocenters. The minimum Gasteiger partial charge on any atom is -0.297 e. The summed E-state index contributed by atoms with van der Waals surface area (Å²) in [7, 11) is -4.18. The van der Waals surface area contributed by atoms with Gasteiger partial charge in [0.1, 0.15) is 11.6 Å². The smallest absolute Gasteiger partial charge is 0.264 e. The van der Waals surface area contributed by atoms with Crippen molar-refractivity contribution in [2.75, 3.05) is 17.4 Å². The molecule has 4 rings (SSSR count). The topological polar surface area (TPSA) is 53.5 Å². The Morgan fingerprint density at radius 3 is 2.62 bits per heavy atom. The molecule has 168 valence electrons. The van der Waals surface area contributed by atoms with Gasteiger partial charge in [0.2, 0.25) is 0 Å². The van der Waals surface area contributed by atoms with E-state index in [9.17, 15) is 17.2 Å². The van der Waals surface area contributed by atoms with Gasteiger partial charge in [-0.3, -0.25) is 14.2 Å². The van der Waals surface area contributed by atoms with Gasteiger partial charge in [0.05, 0.1) is 16.6 Å². The molecule has 32 heavy (non-hydrogen) atoms. The third-order valence-electron chi connectivity index (χ3n) is 5.46. The van der Waals surface area contributed by atoms with Crippen LogP contribution in [0.2, 0.25) is 5.02 Å². The molecule has 1 aliphatic heterocycles. The molecule has 3 aromatic rings. The van der Waals surface area contributed by atoms with Crippen LogP contribution in [-0.2, 0) is 16.6 Å². The number of likely N-dealkylation sites (tertiary alicyclic amines) is 1. The average molecular weight is 478 g/mol. The van der Waals surface area contributed by atoms with Gasteiger partial charge in [-0.2, -0.15) is 0 Å². The third kappa shape index (κ3) is 4.92. The zero-order chi connectivity index (χ0) is 22.7. The first-order valence-electron chi connectivity index (χ1n) is 10.2. The first kappa shape index (κ1) is 22.6. The minimum atomic E-state index is -4.18. The van der Waals surface area contributed by atoms with Crippen LogP contribution in [0.25, 0.3) is 0 Å². The Labute approximate surface area is 191 Å². The molecular weight excluding hydrogens is 456 g/mol. The summed E-state index contributed by atoms with van der Waals surface area (Å²) in [6.45, 7) is 1.73. The molecule has 0 aliphatic carbocycles. The quantitative estimate of drug-likeness (QED) is 0.508. The van der Waals surface area contributed by atoms with Crippen molar-refractivity contribution >= 4 is 27.3 Å². The van der Waals surface area contributed by atoms with Crippen LogP contribution in [0.1, 0.15) is 18.4 Å². The van der Waals surface area contributed by atoms with E-state index in [-0.39, 0.29) is 10.6 Å². The average Bonchev–Trinajstić information content (AvgIpc) is 2.77. The number of hydrogen-bond donors (Lipinski definition) is 0. The number of halogens is 3. The van der Waals surface area contributed by atoms with E-state index in [1.165, 1.54) is 24.3 Å². The van der Waals surface area contributed by atoms with Crippen LogP contribution in [0.15, 0.2) is 71.9 Å². The lowest BCUT2D eigenvalue weighted by Crippen LogP contribution is -2.50. The highest BCUT2D eigenvalue weighted by Crippen LogP contribution is 2.33. The summed E-state index contributed by atoms with van der Waals surface area (Å²) >= 11 is 5.92. The Balaban J connectivity index is 1.72. The molecule has 5 nitrogen and oxygen atoms in total. The van der Waals surface area contributed by atoms with Gasteiger partial charge in [-0.05, 0) is 67.4 Å². The third-order valence-corrected chi connectivity index (χ3v) is 7.59. The summed E-state index contributed by atoms with van der Waals surface area (Å²) in [6.07, 6.45) is 4.69. The second-order valence-corrected chi connectivity index (χ2v) is 9.99. The van der Waals surface area contributed by atoms with Crippen molar-refractivity contribution in [3.05, 3.63) is 89.2 Å². The van der Waals surface area contributed by atoms with E-state index in [1.54, 1.807) is 12.4 Å². The normalized spacial score (nSPS) is 17.3. The molecule has 1 aromatic heterocycles. The predicted molar refractivity (Wildman–Crippen MR) is 120 cm³/mol. The molecule has 0 N–H and O–H groups in total. The van der Waals surface area contributed by atoms with Crippen molar-refractivity contribution in [1.82, 2.24) is 9.88 Å². The molecule has 1 fully saturated rings. The molecule has 0 amide bonds. The highest BCUT2D eigenvalue weighted by atomic mass is 35.5.